The molecule has 4 aliphatic rings. The van der Waals surface area contributed by atoms with Gasteiger partial charge in [0.2, 0.25) is 0 Å². The minimum absolute atomic E-state index is 0.00855. The van der Waals surface area contributed by atoms with Crippen LogP contribution in [0.1, 0.15) is 78.6 Å². The van der Waals surface area contributed by atoms with E-state index in [4.69, 9.17) is 4.74 Å². The summed E-state index contributed by atoms with van der Waals surface area (Å²) < 4.78 is 5.52. The largest absolute Gasteiger partial charge is 0.454 e. The van der Waals surface area contributed by atoms with Gasteiger partial charge in [-0.1, -0.05) is 32.8 Å². The van der Waals surface area contributed by atoms with Gasteiger partial charge in [0.1, 0.15) is 0 Å². The molecule has 0 saturated heterocycles. The van der Waals surface area contributed by atoms with Crippen LogP contribution in [0.2, 0.25) is 0 Å². The molecule has 0 spiro atoms. The summed E-state index contributed by atoms with van der Waals surface area (Å²) in [6.45, 7) is 6.66. The molecule has 138 valence electrons. The molecule has 6 atom stereocenters. The second-order valence-corrected chi connectivity index (χ2v) is 9.53. The molecule has 3 heteroatoms. The summed E-state index contributed by atoms with van der Waals surface area (Å²) in [5.41, 5.74) is 1.93. The van der Waals surface area contributed by atoms with Gasteiger partial charge in [-0.25, -0.2) is 0 Å². The molecule has 0 bridgehead atoms. The first-order chi connectivity index (χ1) is 11.9. The Morgan fingerprint density at radius 3 is 2.76 bits per heavy atom. The molecule has 0 aromatic rings. The van der Waals surface area contributed by atoms with Crippen LogP contribution in [0.3, 0.4) is 0 Å². The molecule has 0 heterocycles. The Bertz CT molecular complexity index is 621. The molecule has 0 amide bonds. The number of ketones is 1. The summed E-state index contributed by atoms with van der Waals surface area (Å²) in [5.74, 6) is 2.06. The zero-order valence-electron chi connectivity index (χ0n) is 16.0. The minimum Gasteiger partial charge on any atom is -0.454 e. The smallest absolute Gasteiger partial charge is 0.306 e. The summed E-state index contributed by atoms with van der Waals surface area (Å²) in [6, 6.07) is 0. The molecule has 0 radical (unpaired) electrons. The summed E-state index contributed by atoms with van der Waals surface area (Å²) in [4.78, 5) is 24.3. The number of rotatable bonds is 2. The van der Waals surface area contributed by atoms with E-state index in [0.29, 0.717) is 24.2 Å². The van der Waals surface area contributed by atoms with Crippen molar-refractivity contribution >= 4 is 11.8 Å². The molecular formula is C22H32O3. The van der Waals surface area contributed by atoms with Crippen molar-refractivity contribution in [3.63, 3.8) is 0 Å². The monoisotopic (exact) mass is 344 g/mol. The highest BCUT2D eigenvalue weighted by Gasteiger charge is 2.57. The van der Waals surface area contributed by atoms with Crippen molar-refractivity contribution in [2.45, 2.75) is 84.7 Å². The Morgan fingerprint density at radius 1 is 1.20 bits per heavy atom. The summed E-state index contributed by atoms with van der Waals surface area (Å²) in [7, 11) is 0. The first-order valence-electron chi connectivity index (χ1n) is 10.3. The van der Waals surface area contributed by atoms with Gasteiger partial charge in [-0.15, -0.1) is 0 Å². The van der Waals surface area contributed by atoms with E-state index < -0.39 is 6.10 Å². The zero-order chi connectivity index (χ0) is 17.8. The predicted molar refractivity (Wildman–Crippen MR) is 96.9 cm³/mol. The number of carbonyl (C=O) groups is 2. The Hall–Kier alpha value is -1.12. The number of allylic oxidation sites excluding steroid dienone is 1. The van der Waals surface area contributed by atoms with Crippen molar-refractivity contribution in [3.05, 3.63) is 11.6 Å². The SMILES string of the molecule is CCC(=O)OC1C[C@@]2(C)C(=CC1=O)CC[C@@H]1[C@H]2CC[C@]2(C)CCC[C@@H]12. The first kappa shape index (κ1) is 17.3. The van der Waals surface area contributed by atoms with Gasteiger partial charge in [0.25, 0.3) is 0 Å². The van der Waals surface area contributed by atoms with Crippen molar-refractivity contribution in [2.75, 3.05) is 0 Å². The van der Waals surface area contributed by atoms with Gasteiger partial charge >= 0.3 is 5.97 Å². The molecule has 25 heavy (non-hydrogen) atoms. The minimum atomic E-state index is -0.558. The molecule has 0 aliphatic heterocycles. The zero-order valence-corrected chi connectivity index (χ0v) is 16.0. The normalized spacial score (nSPS) is 45.9. The van der Waals surface area contributed by atoms with Crippen molar-refractivity contribution < 1.29 is 14.3 Å². The maximum atomic E-state index is 12.5. The average Bonchev–Trinajstić information content (AvgIpc) is 2.97. The van der Waals surface area contributed by atoms with Gasteiger partial charge in [0.05, 0.1) is 0 Å². The quantitative estimate of drug-likeness (QED) is 0.673. The van der Waals surface area contributed by atoms with Crippen molar-refractivity contribution in [3.8, 4) is 0 Å². The fraction of sp³-hybridized carbons (Fsp3) is 0.818. The number of fused-ring (bicyclic) bond motifs is 5. The standard InChI is InChI=1S/C22H32O3/c1-4-20(24)25-19-13-22(3)14(12-18(19)23)7-8-15-16-6-5-10-21(16,2)11-9-17(15)22/h12,15-17,19H,4-11,13H2,1-3H3/t15-,16-,17+,19?,21-,22-/m0/s1. The van der Waals surface area contributed by atoms with Crippen LogP contribution in [0.5, 0.6) is 0 Å². The molecule has 0 N–H and O–H groups in total. The molecule has 0 aromatic heterocycles. The fourth-order valence-corrected chi connectivity index (χ4v) is 6.93. The van der Waals surface area contributed by atoms with Crippen LogP contribution in [0.25, 0.3) is 0 Å². The van der Waals surface area contributed by atoms with Crippen LogP contribution < -0.4 is 0 Å². The number of hydrogen-bond acceptors (Lipinski definition) is 3. The van der Waals surface area contributed by atoms with Crippen molar-refractivity contribution in [1.82, 2.24) is 0 Å². The molecule has 1 unspecified atom stereocenters. The number of carbonyl (C=O) groups excluding carboxylic acids is 2. The Kier molecular flexibility index (Phi) is 4.12. The summed E-state index contributed by atoms with van der Waals surface area (Å²) in [6.07, 6.45) is 11.4. The lowest BCUT2D eigenvalue weighted by molar-refractivity contribution is -0.157. The van der Waals surface area contributed by atoms with Crippen LogP contribution >= 0.6 is 0 Å². The second-order valence-electron chi connectivity index (χ2n) is 9.53. The lowest BCUT2D eigenvalue weighted by Crippen LogP contribution is -2.51. The number of ether oxygens (including phenoxy) is 1. The first-order valence-corrected chi connectivity index (χ1v) is 10.3. The number of hydrogen-bond donors (Lipinski definition) is 0. The Morgan fingerprint density at radius 2 is 2.00 bits per heavy atom. The third kappa shape index (κ3) is 2.61. The third-order valence-electron chi connectivity index (χ3n) is 8.32. The van der Waals surface area contributed by atoms with Gasteiger partial charge in [-0.05, 0) is 73.2 Å². The van der Waals surface area contributed by atoms with Gasteiger partial charge in [0, 0.05) is 12.8 Å². The van der Waals surface area contributed by atoms with E-state index in [9.17, 15) is 9.59 Å². The van der Waals surface area contributed by atoms with Gasteiger partial charge < -0.3 is 4.74 Å². The lowest BCUT2D eigenvalue weighted by atomic mass is 9.47. The second kappa shape index (κ2) is 5.96. The third-order valence-corrected chi connectivity index (χ3v) is 8.32. The van der Waals surface area contributed by atoms with E-state index in [0.717, 1.165) is 18.3 Å². The molecular weight excluding hydrogens is 312 g/mol. The maximum absolute atomic E-state index is 12.5. The Labute approximate surface area is 151 Å². The predicted octanol–water partition coefficient (Wildman–Crippen LogP) is 4.84. The highest BCUT2D eigenvalue weighted by molar-refractivity contribution is 5.96. The molecule has 3 fully saturated rings. The van der Waals surface area contributed by atoms with Gasteiger partial charge in [-0.2, -0.15) is 0 Å². The van der Waals surface area contributed by atoms with Crippen molar-refractivity contribution in [2.24, 2.45) is 28.6 Å². The average molecular weight is 344 g/mol. The van der Waals surface area contributed by atoms with Crippen LogP contribution in [-0.2, 0) is 14.3 Å². The van der Waals surface area contributed by atoms with E-state index in [-0.39, 0.29) is 17.2 Å². The molecule has 0 aromatic carbocycles. The molecule has 3 nitrogen and oxygen atoms in total. The highest BCUT2D eigenvalue weighted by atomic mass is 16.5. The number of esters is 1. The van der Waals surface area contributed by atoms with E-state index in [1.54, 1.807) is 6.92 Å². The summed E-state index contributed by atoms with van der Waals surface area (Å²) >= 11 is 0. The van der Waals surface area contributed by atoms with E-state index in [1.165, 1.54) is 44.1 Å². The van der Waals surface area contributed by atoms with Crippen molar-refractivity contribution in [1.29, 1.82) is 0 Å². The van der Waals surface area contributed by atoms with E-state index in [1.807, 2.05) is 6.08 Å². The molecule has 3 saturated carbocycles. The topological polar surface area (TPSA) is 43.4 Å². The van der Waals surface area contributed by atoms with E-state index >= 15 is 0 Å². The van der Waals surface area contributed by atoms with Crippen LogP contribution in [0.15, 0.2) is 11.6 Å². The van der Waals surface area contributed by atoms with Gasteiger partial charge in [-0.3, -0.25) is 9.59 Å². The van der Waals surface area contributed by atoms with Gasteiger partial charge in [0.15, 0.2) is 11.9 Å². The molecule has 4 aliphatic carbocycles. The fourth-order valence-electron chi connectivity index (χ4n) is 6.93. The maximum Gasteiger partial charge on any atom is 0.306 e. The summed E-state index contributed by atoms with van der Waals surface area (Å²) in [5, 5.41) is 0. The van der Waals surface area contributed by atoms with Crippen LogP contribution in [-0.4, -0.2) is 17.9 Å². The van der Waals surface area contributed by atoms with E-state index in [2.05, 4.69) is 13.8 Å². The molecule has 4 rings (SSSR count). The Balaban J connectivity index is 1.62. The van der Waals surface area contributed by atoms with Crippen LogP contribution in [0, 0.1) is 28.6 Å². The highest BCUT2D eigenvalue weighted by Crippen LogP contribution is 2.65. The van der Waals surface area contributed by atoms with Crippen LogP contribution in [0.4, 0.5) is 0 Å². The lowest BCUT2D eigenvalue weighted by Gasteiger charge is -2.57.